The zero-order valence-corrected chi connectivity index (χ0v) is 18.7. The van der Waals surface area contributed by atoms with Gasteiger partial charge in [-0.05, 0) is 59.8 Å². The molecule has 1 atom stereocenters. The second-order valence-corrected chi connectivity index (χ2v) is 7.58. The van der Waals surface area contributed by atoms with Crippen LogP contribution in [0.4, 0.5) is 0 Å². The average Bonchev–Trinajstić information content (AvgIpc) is 2.60. The molecule has 5 nitrogen and oxygen atoms in total. The van der Waals surface area contributed by atoms with Crippen LogP contribution in [-0.4, -0.2) is 23.8 Å². The van der Waals surface area contributed by atoms with E-state index in [-0.39, 0.29) is 6.42 Å². The minimum atomic E-state index is -1.43. The van der Waals surface area contributed by atoms with Crippen LogP contribution in [0, 0.1) is 0 Å². The Morgan fingerprint density at radius 3 is 1.83 bits per heavy atom. The Morgan fingerprint density at radius 2 is 1.34 bits per heavy atom. The molecular weight excluding hydrogens is 368 g/mol. The van der Waals surface area contributed by atoms with Crippen molar-refractivity contribution in [3.63, 3.8) is 0 Å². The van der Waals surface area contributed by atoms with E-state index in [0.717, 1.165) is 31.9 Å². The monoisotopic (exact) mass is 404 g/mol. The van der Waals surface area contributed by atoms with Gasteiger partial charge < -0.3 is 9.47 Å². The third-order valence-corrected chi connectivity index (χ3v) is 4.27. The molecule has 0 aromatic carbocycles. The molecule has 0 saturated carbocycles. The number of carbonyl (C=O) groups excluding carboxylic acids is 3. The van der Waals surface area contributed by atoms with E-state index < -0.39 is 17.5 Å². The van der Waals surface area contributed by atoms with Crippen LogP contribution in [0.15, 0.2) is 47.3 Å². The molecule has 0 amide bonds. The van der Waals surface area contributed by atoms with Crippen LogP contribution < -0.4 is 0 Å². The molecule has 1 unspecified atom stereocenters. The number of hydrogen-bond acceptors (Lipinski definition) is 5. The van der Waals surface area contributed by atoms with Gasteiger partial charge in [-0.15, -0.1) is 0 Å². The van der Waals surface area contributed by atoms with Gasteiger partial charge in [-0.2, -0.15) is 0 Å². The molecule has 5 heteroatoms. The SMILES string of the molecule is CC(=O)O/C=C/C(C=O)(CC/C=C(\C)CC/C=C(\C)CCC=C(C)C)OC(C)=O. The van der Waals surface area contributed by atoms with Crippen LogP contribution >= 0.6 is 0 Å². The molecular formula is C24H36O5. The van der Waals surface area contributed by atoms with Gasteiger partial charge in [0.15, 0.2) is 11.9 Å². The number of carbonyl (C=O) groups is 3. The zero-order valence-electron chi connectivity index (χ0n) is 18.7. The highest BCUT2D eigenvalue weighted by Gasteiger charge is 2.30. The number of hydrogen-bond donors (Lipinski definition) is 0. The van der Waals surface area contributed by atoms with Crippen LogP contribution in [-0.2, 0) is 23.9 Å². The summed E-state index contributed by atoms with van der Waals surface area (Å²) in [6.07, 6.45) is 14.4. The molecule has 0 radical (unpaired) electrons. The van der Waals surface area contributed by atoms with E-state index in [1.54, 1.807) is 0 Å². The summed E-state index contributed by atoms with van der Waals surface area (Å²) in [5.41, 5.74) is 2.52. The number of allylic oxidation sites excluding steroid dienone is 6. The molecule has 0 saturated heterocycles. The van der Waals surface area contributed by atoms with E-state index in [0.29, 0.717) is 12.7 Å². The average molecular weight is 405 g/mol. The lowest BCUT2D eigenvalue weighted by atomic mass is 9.97. The lowest BCUT2D eigenvalue weighted by Crippen LogP contribution is -2.34. The molecule has 0 spiro atoms. The standard InChI is InChI=1S/C24H36O5/c1-19(2)10-7-11-20(3)12-8-13-21(4)14-9-15-24(18-25,29-23(6)27)16-17-28-22(5)26/h10,12,14,16-18H,7-9,11,13,15H2,1-6H3/b17-16+,20-12+,21-14+. The second kappa shape index (κ2) is 14.6. The summed E-state index contributed by atoms with van der Waals surface area (Å²) >= 11 is 0. The molecule has 0 aromatic rings. The number of aldehydes is 1. The Hall–Kier alpha value is -2.43. The quantitative estimate of drug-likeness (QED) is 0.169. The molecule has 0 N–H and O–H groups in total. The van der Waals surface area contributed by atoms with Crippen LogP contribution in [0.5, 0.6) is 0 Å². The Labute approximate surface area is 175 Å². The van der Waals surface area contributed by atoms with Gasteiger partial charge in [-0.3, -0.25) is 14.4 Å². The smallest absolute Gasteiger partial charge is 0.307 e. The van der Waals surface area contributed by atoms with Crippen molar-refractivity contribution in [2.45, 2.75) is 85.7 Å². The number of ether oxygens (including phenoxy) is 2. The molecule has 0 bridgehead atoms. The largest absolute Gasteiger partial charge is 0.447 e. The van der Waals surface area contributed by atoms with Crippen molar-refractivity contribution in [3.8, 4) is 0 Å². The first-order valence-electron chi connectivity index (χ1n) is 10.1. The van der Waals surface area contributed by atoms with Crippen molar-refractivity contribution in [3.05, 3.63) is 47.3 Å². The van der Waals surface area contributed by atoms with Gasteiger partial charge in [0, 0.05) is 26.3 Å². The van der Waals surface area contributed by atoms with E-state index in [1.165, 1.54) is 36.6 Å². The molecule has 29 heavy (non-hydrogen) atoms. The van der Waals surface area contributed by atoms with Crippen molar-refractivity contribution in [2.75, 3.05) is 0 Å². The van der Waals surface area contributed by atoms with E-state index in [9.17, 15) is 14.4 Å². The highest BCUT2D eigenvalue weighted by molar-refractivity contribution is 5.75. The molecule has 0 aliphatic heterocycles. The summed E-state index contributed by atoms with van der Waals surface area (Å²) in [6, 6.07) is 0. The van der Waals surface area contributed by atoms with E-state index in [4.69, 9.17) is 9.47 Å². The summed E-state index contributed by atoms with van der Waals surface area (Å²) < 4.78 is 9.92. The summed E-state index contributed by atoms with van der Waals surface area (Å²) in [5, 5.41) is 0. The van der Waals surface area contributed by atoms with Gasteiger partial charge in [-0.1, -0.05) is 34.9 Å². The minimum Gasteiger partial charge on any atom is -0.447 e. The fourth-order valence-electron chi connectivity index (χ4n) is 2.69. The summed E-state index contributed by atoms with van der Waals surface area (Å²) in [6.45, 7) is 10.9. The third kappa shape index (κ3) is 14.3. The molecule has 0 heterocycles. The van der Waals surface area contributed by atoms with Gasteiger partial charge >= 0.3 is 11.9 Å². The van der Waals surface area contributed by atoms with Crippen molar-refractivity contribution in [2.24, 2.45) is 0 Å². The van der Waals surface area contributed by atoms with Gasteiger partial charge in [0.05, 0.1) is 6.26 Å². The maximum absolute atomic E-state index is 11.6. The number of rotatable bonds is 13. The Bertz CT molecular complexity index is 663. The molecule has 0 fully saturated rings. The van der Waals surface area contributed by atoms with E-state index in [1.807, 2.05) is 6.08 Å². The Balaban J connectivity index is 4.71. The van der Waals surface area contributed by atoms with Gasteiger partial charge in [0.25, 0.3) is 0 Å². The number of esters is 2. The summed E-state index contributed by atoms with van der Waals surface area (Å²) in [5.74, 6) is -1.08. The second-order valence-electron chi connectivity index (χ2n) is 7.58. The summed E-state index contributed by atoms with van der Waals surface area (Å²) in [7, 11) is 0. The maximum atomic E-state index is 11.6. The third-order valence-electron chi connectivity index (χ3n) is 4.27. The predicted octanol–water partition coefficient (Wildman–Crippen LogP) is 5.76. The highest BCUT2D eigenvalue weighted by Crippen LogP contribution is 2.20. The molecule has 0 aliphatic carbocycles. The van der Waals surface area contributed by atoms with Crippen LogP contribution in [0.2, 0.25) is 0 Å². The topological polar surface area (TPSA) is 69.7 Å². The zero-order chi connectivity index (χ0) is 22.3. The summed E-state index contributed by atoms with van der Waals surface area (Å²) in [4.78, 5) is 33.9. The Morgan fingerprint density at radius 1 is 0.793 bits per heavy atom. The lowest BCUT2D eigenvalue weighted by Gasteiger charge is -2.23. The molecule has 0 rings (SSSR count). The first kappa shape index (κ1) is 26.6. The van der Waals surface area contributed by atoms with Crippen molar-refractivity contribution in [1.82, 2.24) is 0 Å². The highest BCUT2D eigenvalue weighted by atomic mass is 16.6. The molecule has 0 aromatic heterocycles. The first-order chi connectivity index (χ1) is 13.6. The van der Waals surface area contributed by atoms with Crippen LogP contribution in [0.25, 0.3) is 0 Å². The molecule has 0 aliphatic rings. The fourth-order valence-corrected chi connectivity index (χ4v) is 2.69. The maximum Gasteiger partial charge on any atom is 0.307 e. The fraction of sp³-hybridized carbons (Fsp3) is 0.542. The first-order valence-corrected chi connectivity index (χ1v) is 10.1. The predicted molar refractivity (Wildman–Crippen MR) is 116 cm³/mol. The van der Waals surface area contributed by atoms with Gasteiger partial charge in [0.1, 0.15) is 0 Å². The van der Waals surface area contributed by atoms with Crippen molar-refractivity contribution >= 4 is 18.2 Å². The van der Waals surface area contributed by atoms with E-state index >= 15 is 0 Å². The molecule has 162 valence electrons. The van der Waals surface area contributed by atoms with E-state index in [2.05, 4.69) is 39.8 Å². The lowest BCUT2D eigenvalue weighted by molar-refractivity contribution is -0.156. The van der Waals surface area contributed by atoms with Gasteiger partial charge in [-0.25, -0.2) is 0 Å². The van der Waals surface area contributed by atoms with Crippen molar-refractivity contribution in [1.29, 1.82) is 0 Å². The van der Waals surface area contributed by atoms with Crippen molar-refractivity contribution < 1.29 is 23.9 Å². The normalized spacial score (nSPS) is 14.3. The Kier molecular flexibility index (Phi) is 13.3. The van der Waals surface area contributed by atoms with Crippen LogP contribution in [0.3, 0.4) is 0 Å². The minimum absolute atomic E-state index is 0.281. The van der Waals surface area contributed by atoms with Crippen LogP contribution in [0.1, 0.15) is 80.1 Å². The van der Waals surface area contributed by atoms with Gasteiger partial charge in [0.2, 0.25) is 0 Å².